The number of carbonyl (C=O) groups is 1. The first kappa shape index (κ1) is 15.3. The standard InChI is InChI=1S/C17H19FN4O2/c18-13-4-2-1-3-12(13)17(23)19-9-11-7-8-14(24-11)16-20-15(21-22-16)10-5-6-10/h1-4,10-11,14H,5-9H2,(H,19,23)(H,20,21,22)/t11-,14+/m1/s1. The summed E-state index contributed by atoms with van der Waals surface area (Å²) in [6.45, 7) is 0.354. The molecule has 0 radical (unpaired) electrons. The molecule has 6 nitrogen and oxygen atoms in total. The molecule has 0 unspecified atom stereocenters. The fourth-order valence-corrected chi connectivity index (χ4v) is 2.96. The van der Waals surface area contributed by atoms with E-state index in [0.29, 0.717) is 12.5 Å². The van der Waals surface area contributed by atoms with E-state index in [1.807, 2.05) is 0 Å². The molecule has 1 saturated carbocycles. The van der Waals surface area contributed by atoms with Crippen molar-refractivity contribution >= 4 is 5.91 Å². The van der Waals surface area contributed by atoms with Gasteiger partial charge in [0.1, 0.15) is 11.9 Å². The predicted octanol–water partition coefficient (Wildman–Crippen LogP) is 2.47. The Hall–Kier alpha value is -2.28. The van der Waals surface area contributed by atoms with Crippen LogP contribution < -0.4 is 5.32 Å². The van der Waals surface area contributed by atoms with Gasteiger partial charge in [0.25, 0.3) is 5.91 Å². The Kier molecular flexibility index (Phi) is 4.02. The number of hydrogen-bond acceptors (Lipinski definition) is 4. The highest BCUT2D eigenvalue weighted by Gasteiger charge is 2.32. The minimum atomic E-state index is -0.519. The van der Waals surface area contributed by atoms with E-state index in [9.17, 15) is 9.18 Å². The smallest absolute Gasteiger partial charge is 0.254 e. The lowest BCUT2D eigenvalue weighted by molar-refractivity contribution is 0.0391. The summed E-state index contributed by atoms with van der Waals surface area (Å²) in [5.74, 6) is 1.21. The van der Waals surface area contributed by atoms with Gasteiger partial charge in [-0.25, -0.2) is 9.37 Å². The fraction of sp³-hybridized carbons (Fsp3) is 0.471. The second kappa shape index (κ2) is 6.32. The molecule has 1 aromatic carbocycles. The highest BCUT2D eigenvalue weighted by atomic mass is 19.1. The molecule has 1 saturated heterocycles. The minimum absolute atomic E-state index is 0.0522. The van der Waals surface area contributed by atoms with E-state index in [2.05, 4.69) is 20.5 Å². The van der Waals surface area contributed by atoms with E-state index in [-0.39, 0.29) is 17.8 Å². The van der Waals surface area contributed by atoms with Gasteiger partial charge >= 0.3 is 0 Å². The molecule has 0 spiro atoms. The van der Waals surface area contributed by atoms with Crippen molar-refractivity contribution in [1.29, 1.82) is 0 Å². The Balaban J connectivity index is 1.30. The Morgan fingerprint density at radius 2 is 2.12 bits per heavy atom. The Morgan fingerprint density at radius 1 is 1.29 bits per heavy atom. The molecule has 7 heteroatoms. The number of hydrogen-bond donors (Lipinski definition) is 2. The molecule has 4 rings (SSSR count). The molecular weight excluding hydrogens is 311 g/mol. The molecule has 2 atom stereocenters. The first-order chi connectivity index (χ1) is 11.7. The third-order valence-electron chi connectivity index (χ3n) is 4.48. The summed E-state index contributed by atoms with van der Waals surface area (Å²) in [5, 5.41) is 9.95. The number of carbonyl (C=O) groups excluding carboxylic acids is 1. The molecule has 2 fully saturated rings. The zero-order valence-corrected chi connectivity index (χ0v) is 13.2. The molecule has 1 amide bonds. The fourth-order valence-electron chi connectivity index (χ4n) is 2.96. The van der Waals surface area contributed by atoms with Crippen LogP contribution in [0.15, 0.2) is 24.3 Å². The van der Waals surface area contributed by atoms with E-state index >= 15 is 0 Å². The van der Waals surface area contributed by atoms with Crippen LogP contribution in [0.3, 0.4) is 0 Å². The second-order valence-electron chi connectivity index (χ2n) is 6.37. The third kappa shape index (κ3) is 3.17. The lowest BCUT2D eigenvalue weighted by Crippen LogP contribution is -2.32. The average molecular weight is 330 g/mol. The number of aromatic nitrogens is 3. The summed E-state index contributed by atoms with van der Waals surface area (Å²) in [5.41, 5.74) is 0.0522. The maximum Gasteiger partial charge on any atom is 0.254 e. The number of benzene rings is 1. The van der Waals surface area contributed by atoms with Crippen molar-refractivity contribution in [2.75, 3.05) is 6.54 Å². The SMILES string of the molecule is O=C(NC[C@H]1CC[C@@H](c2nc(C3CC3)n[nH]2)O1)c1ccccc1F. The number of nitrogens with zero attached hydrogens (tertiary/aromatic N) is 2. The van der Waals surface area contributed by atoms with Gasteiger partial charge < -0.3 is 10.1 Å². The lowest BCUT2D eigenvalue weighted by Gasteiger charge is -2.13. The molecule has 126 valence electrons. The average Bonchev–Trinajstić information content (AvgIpc) is 3.13. The molecule has 1 aliphatic heterocycles. The highest BCUT2D eigenvalue weighted by molar-refractivity contribution is 5.94. The van der Waals surface area contributed by atoms with Crippen LogP contribution >= 0.6 is 0 Å². The zero-order chi connectivity index (χ0) is 16.5. The number of ether oxygens (including phenoxy) is 1. The highest BCUT2D eigenvalue weighted by Crippen LogP contribution is 2.39. The van der Waals surface area contributed by atoms with Crippen LogP contribution in [0.1, 0.15) is 59.7 Å². The van der Waals surface area contributed by atoms with Crippen LogP contribution in [0.2, 0.25) is 0 Å². The van der Waals surface area contributed by atoms with Gasteiger partial charge in [0.15, 0.2) is 11.6 Å². The minimum Gasteiger partial charge on any atom is -0.365 e. The Morgan fingerprint density at radius 3 is 2.92 bits per heavy atom. The van der Waals surface area contributed by atoms with Gasteiger partial charge in [0, 0.05) is 12.5 Å². The van der Waals surface area contributed by atoms with E-state index in [0.717, 1.165) is 37.3 Å². The molecule has 0 bridgehead atoms. The van der Waals surface area contributed by atoms with Crippen LogP contribution in [0.4, 0.5) is 4.39 Å². The van der Waals surface area contributed by atoms with Gasteiger partial charge in [-0.05, 0) is 37.8 Å². The van der Waals surface area contributed by atoms with Crippen molar-refractivity contribution in [3.8, 4) is 0 Å². The maximum absolute atomic E-state index is 13.6. The molecular formula is C17H19FN4O2. The first-order valence-electron chi connectivity index (χ1n) is 8.31. The molecule has 2 aliphatic rings. The van der Waals surface area contributed by atoms with Crippen molar-refractivity contribution < 1.29 is 13.9 Å². The van der Waals surface area contributed by atoms with Crippen LogP contribution in [0.25, 0.3) is 0 Å². The summed E-state index contributed by atoms with van der Waals surface area (Å²) >= 11 is 0. The largest absolute Gasteiger partial charge is 0.365 e. The van der Waals surface area contributed by atoms with Crippen LogP contribution in [-0.4, -0.2) is 33.7 Å². The van der Waals surface area contributed by atoms with E-state index in [4.69, 9.17) is 4.74 Å². The summed E-state index contributed by atoms with van der Waals surface area (Å²) < 4.78 is 19.5. The van der Waals surface area contributed by atoms with Crippen molar-refractivity contribution in [1.82, 2.24) is 20.5 Å². The number of amides is 1. The number of nitrogens with one attached hydrogen (secondary N) is 2. The monoisotopic (exact) mass is 330 g/mol. The van der Waals surface area contributed by atoms with Crippen LogP contribution in [0, 0.1) is 5.82 Å². The predicted molar refractivity (Wildman–Crippen MR) is 83.9 cm³/mol. The number of rotatable bonds is 5. The van der Waals surface area contributed by atoms with Gasteiger partial charge in [-0.15, -0.1) is 0 Å². The zero-order valence-electron chi connectivity index (χ0n) is 13.2. The lowest BCUT2D eigenvalue weighted by atomic mass is 10.1. The molecule has 2 aromatic rings. The summed E-state index contributed by atoms with van der Waals surface area (Å²) in [6, 6.07) is 5.95. The number of aromatic amines is 1. The number of halogens is 1. The second-order valence-corrected chi connectivity index (χ2v) is 6.37. The summed E-state index contributed by atoms with van der Waals surface area (Å²) in [6.07, 6.45) is 3.77. The van der Waals surface area contributed by atoms with E-state index in [1.165, 1.54) is 12.1 Å². The van der Waals surface area contributed by atoms with Crippen molar-refractivity contribution in [3.05, 3.63) is 47.3 Å². The van der Waals surface area contributed by atoms with Gasteiger partial charge in [-0.2, -0.15) is 5.10 Å². The molecule has 1 aromatic heterocycles. The summed E-state index contributed by atoms with van der Waals surface area (Å²) in [7, 11) is 0. The topological polar surface area (TPSA) is 79.9 Å². The van der Waals surface area contributed by atoms with Crippen molar-refractivity contribution in [2.45, 2.75) is 43.8 Å². The van der Waals surface area contributed by atoms with E-state index < -0.39 is 11.7 Å². The molecule has 1 aliphatic carbocycles. The van der Waals surface area contributed by atoms with Crippen molar-refractivity contribution in [2.24, 2.45) is 0 Å². The van der Waals surface area contributed by atoms with E-state index in [1.54, 1.807) is 12.1 Å². The quantitative estimate of drug-likeness (QED) is 0.882. The van der Waals surface area contributed by atoms with Gasteiger partial charge in [0.2, 0.25) is 0 Å². The van der Waals surface area contributed by atoms with Crippen LogP contribution in [0.5, 0.6) is 0 Å². The first-order valence-corrected chi connectivity index (χ1v) is 8.31. The Bertz CT molecular complexity index is 744. The maximum atomic E-state index is 13.6. The normalized spacial score (nSPS) is 23.4. The molecule has 24 heavy (non-hydrogen) atoms. The molecule has 2 N–H and O–H groups in total. The van der Waals surface area contributed by atoms with Gasteiger partial charge in [-0.3, -0.25) is 9.89 Å². The Labute approximate surface area is 138 Å². The summed E-state index contributed by atoms with van der Waals surface area (Å²) in [4.78, 5) is 16.5. The van der Waals surface area contributed by atoms with Gasteiger partial charge in [-0.1, -0.05) is 12.1 Å². The number of H-pyrrole nitrogens is 1. The third-order valence-corrected chi connectivity index (χ3v) is 4.48. The van der Waals surface area contributed by atoms with Crippen molar-refractivity contribution in [3.63, 3.8) is 0 Å². The molecule has 2 heterocycles. The van der Waals surface area contributed by atoms with Crippen LogP contribution in [-0.2, 0) is 4.74 Å². The van der Waals surface area contributed by atoms with Gasteiger partial charge in [0.05, 0.1) is 11.7 Å².